The highest BCUT2D eigenvalue weighted by Crippen LogP contribution is 2.70. The normalized spacial score (nSPS) is 56.7. The van der Waals surface area contributed by atoms with Gasteiger partial charge in [-0.1, -0.05) is 27.7 Å². The maximum absolute atomic E-state index is 12.1. The van der Waals surface area contributed by atoms with Crippen LogP contribution < -0.4 is 0 Å². The van der Waals surface area contributed by atoms with Crippen LogP contribution in [0, 0.1) is 46.3 Å². The number of allylic oxidation sites excluding steroid dienone is 2. The summed E-state index contributed by atoms with van der Waals surface area (Å²) in [6, 6.07) is 0. The Morgan fingerprint density at radius 3 is 2.59 bits per heavy atom. The van der Waals surface area contributed by atoms with Crippen LogP contribution in [-0.4, -0.2) is 40.6 Å². The van der Waals surface area contributed by atoms with Crippen molar-refractivity contribution >= 4 is 5.78 Å². The molecule has 0 aromatic heterocycles. The first-order chi connectivity index (χ1) is 15.1. The SMILES string of the molecule is CC1CCC2(OC1)OC1CC3C4CC(O)C5=CC(=O)C(O)=CC5(C)C4CCC3(C)C1C2C. The van der Waals surface area contributed by atoms with Crippen molar-refractivity contribution in [1.29, 1.82) is 0 Å². The van der Waals surface area contributed by atoms with Crippen LogP contribution in [0.2, 0.25) is 0 Å². The topological polar surface area (TPSA) is 76.0 Å². The monoisotopic (exact) mass is 442 g/mol. The van der Waals surface area contributed by atoms with Crippen molar-refractivity contribution in [2.45, 2.75) is 84.2 Å². The van der Waals surface area contributed by atoms with Crippen molar-refractivity contribution in [2.75, 3.05) is 6.61 Å². The molecule has 0 aromatic rings. The molecule has 2 N–H and O–H groups in total. The molecule has 0 aromatic carbocycles. The minimum Gasteiger partial charge on any atom is -0.504 e. The predicted molar refractivity (Wildman–Crippen MR) is 120 cm³/mol. The van der Waals surface area contributed by atoms with E-state index in [2.05, 4.69) is 27.7 Å². The lowest BCUT2D eigenvalue weighted by atomic mass is 9.46. The predicted octanol–water partition coefficient (Wildman–Crippen LogP) is 4.55. The van der Waals surface area contributed by atoms with E-state index in [4.69, 9.17) is 9.47 Å². The molecule has 2 saturated heterocycles. The van der Waals surface area contributed by atoms with Crippen LogP contribution in [0.3, 0.4) is 0 Å². The van der Waals surface area contributed by atoms with Gasteiger partial charge in [0.05, 0.1) is 18.8 Å². The fraction of sp³-hybridized carbons (Fsp3) is 0.815. The first-order valence-electron chi connectivity index (χ1n) is 12.8. The highest BCUT2D eigenvalue weighted by Gasteiger charge is 2.69. The van der Waals surface area contributed by atoms with Gasteiger partial charge in [-0.15, -0.1) is 0 Å². The zero-order valence-electron chi connectivity index (χ0n) is 19.8. The molecular formula is C27H38O5. The average Bonchev–Trinajstić information content (AvgIpc) is 3.18. The van der Waals surface area contributed by atoms with Crippen LogP contribution in [0.1, 0.15) is 66.2 Å². The average molecular weight is 443 g/mol. The van der Waals surface area contributed by atoms with E-state index < -0.39 is 17.3 Å². The van der Waals surface area contributed by atoms with E-state index >= 15 is 0 Å². The van der Waals surface area contributed by atoms with Gasteiger partial charge < -0.3 is 19.7 Å². The third-order valence-corrected chi connectivity index (χ3v) is 10.9. The largest absolute Gasteiger partial charge is 0.504 e. The van der Waals surface area contributed by atoms with Crippen molar-refractivity contribution < 1.29 is 24.5 Å². The molecule has 5 nitrogen and oxygen atoms in total. The van der Waals surface area contributed by atoms with Crippen LogP contribution in [-0.2, 0) is 14.3 Å². The lowest BCUT2D eigenvalue weighted by Crippen LogP contribution is -2.54. The van der Waals surface area contributed by atoms with Crippen LogP contribution in [0.25, 0.3) is 0 Å². The molecule has 4 aliphatic carbocycles. The lowest BCUT2D eigenvalue weighted by Gasteiger charge is -2.58. The molecule has 0 bridgehead atoms. The summed E-state index contributed by atoms with van der Waals surface area (Å²) in [5.74, 6) is 1.72. The van der Waals surface area contributed by atoms with Gasteiger partial charge in [-0.3, -0.25) is 4.79 Å². The Balaban J connectivity index is 1.32. The van der Waals surface area contributed by atoms with Crippen LogP contribution in [0.5, 0.6) is 0 Å². The summed E-state index contributed by atoms with van der Waals surface area (Å²) < 4.78 is 13.2. The van der Waals surface area contributed by atoms with E-state index in [9.17, 15) is 15.0 Å². The lowest BCUT2D eigenvalue weighted by molar-refractivity contribution is -0.272. The fourth-order valence-corrected chi connectivity index (χ4v) is 9.35. The number of hydrogen-bond acceptors (Lipinski definition) is 5. The molecule has 2 aliphatic heterocycles. The van der Waals surface area contributed by atoms with Gasteiger partial charge in [-0.05, 0) is 84.8 Å². The fourth-order valence-electron chi connectivity index (χ4n) is 9.35. The van der Waals surface area contributed by atoms with Crippen LogP contribution >= 0.6 is 0 Å². The molecule has 2 heterocycles. The van der Waals surface area contributed by atoms with E-state index in [1.54, 1.807) is 6.08 Å². The number of carbonyl (C=O) groups is 1. The van der Waals surface area contributed by atoms with Gasteiger partial charge >= 0.3 is 0 Å². The van der Waals surface area contributed by atoms with Crippen molar-refractivity contribution in [2.24, 2.45) is 46.3 Å². The highest BCUT2D eigenvalue weighted by molar-refractivity contribution is 6.04. The Kier molecular flexibility index (Phi) is 4.47. The molecule has 32 heavy (non-hydrogen) atoms. The number of ether oxygens (including phenoxy) is 2. The van der Waals surface area contributed by atoms with Gasteiger partial charge in [0.15, 0.2) is 11.5 Å². The minimum atomic E-state index is -0.620. The molecule has 3 saturated carbocycles. The first kappa shape index (κ1) is 21.4. The van der Waals surface area contributed by atoms with Crippen LogP contribution in [0.4, 0.5) is 0 Å². The Morgan fingerprint density at radius 2 is 1.88 bits per heavy atom. The summed E-state index contributed by atoms with van der Waals surface area (Å²) in [7, 11) is 0. The molecule has 176 valence electrons. The van der Waals surface area contributed by atoms with Gasteiger partial charge in [0, 0.05) is 17.8 Å². The second kappa shape index (κ2) is 6.70. The molecule has 1 spiro atoms. The van der Waals surface area contributed by atoms with E-state index in [-0.39, 0.29) is 23.1 Å². The molecule has 11 unspecified atom stereocenters. The van der Waals surface area contributed by atoms with Crippen molar-refractivity contribution in [3.8, 4) is 0 Å². The number of hydrogen-bond donors (Lipinski definition) is 2. The number of rotatable bonds is 0. The molecule has 11 atom stereocenters. The number of carbonyl (C=O) groups excluding carboxylic acids is 1. The second-order valence-electron chi connectivity index (χ2n) is 12.4. The quantitative estimate of drug-likeness (QED) is 0.575. The maximum Gasteiger partial charge on any atom is 0.219 e. The van der Waals surface area contributed by atoms with Crippen molar-refractivity contribution in [3.05, 3.63) is 23.5 Å². The number of aliphatic hydroxyl groups is 2. The van der Waals surface area contributed by atoms with E-state index in [1.807, 2.05) is 0 Å². The second-order valence-corrected chi connectivity index (χ2v) is 12.4. The molecule has 6 aliphatic rings. The number of aliphatic hydroxyl groups excluding tert-OH is 2. The van der Waals surface area contributed by atoms with Gasteiger partial charge in [0.25, 0.3) is 0 Å². The summed E-state index contributed by atoms with van der Waals surface area (Å²) in [6.45, 7) is 10.00. The summed E-state index contributed by atoms with van der Waals surface area (Å²) in [5, 5.41) is 21.4. The Hall–Kier alpha value is -1.17. The van der Waals surface area contributed by atoms with Gasteiger partial charge in [0.1, 0.15) is 0 Å². The summed E-state index contributed by atoms with van der Waals surface area (Å²) in [6.07, 6.45) is 8.94. The van der Waals surface area contributed by atoms with Crippen LogP contribution in [0.15, 0.2) is 23.5 Å². The first-order valence-corrected chi connectivity index (χ1v) is 12.8. The van der Waals surface area contributed by atoms with E-state index in [0.717, 1.165) is 37.9 Å². The van der Waals surface area contributed by atoms with E-state index in [0.29, 0.717) is 41.9 Å². The van der Waals surface area contributed by atoms with E-state index in [1.165, 1.54) is 12.5 Å². The molecular weight excluding hydrogens is 404 g/mol. The zero-order valence-corrected chi connectivity index (χ0v) is 19.8. The highest BCUT2D eigenvalue weighted by atomic mass is 16.7. The number of fused-ring (bicyclic) bond motifs is 7. The molecule has 5 fully saturated rings. The summed E-state index contributed by atoms with van der Waals surface area (Å²) >= 11 is 0. The molecule has 5 heteroatoms. The zero-order chi connectivity index (χ0) is 22.6. The van der Waals surface area contributed by atoms with Gasteiger partial charge in [-0.25, -0.2) is 0 Å². The Morgan fingerprint density at radius 1 is 1.09 bits per heavy atom. The Labute approximate surface area is 191 Å². The van der Waals surface area contributed by atoms with Gasteiger partial charge in [-0.2, -0.15) is 0 Å². The Bertz CT molecular complexity index is 898. The van der Waals surface area contributed by atoms with Crippen molar-refractivity contribution in [3.63, 3.8) is 0 Å². The third-order valence-electron chi connectivity index (χ3n) is 10.9. The van der Waals surface area contributed by atoms with Gasteiger partial charge in [0.2, 0.25) is 5.78 Å². The molecule has 6 rings (SSSR count). The standard InChI is InChI=1S/C27H38O5/c1-14-5-8-27(31-13-14)15(2)24-23(32-27)11-18-16-9-20(28)19-10-21(29)22(30)12-26(19,4)17(16)6-7-25(18,24)3/h10,12,14-18,20,23-24,28,30H,5-9,11,13H2,1-4H3. The molecule has 0 amide bonds. The molecule has 0 radical (unpaired) electrons. The smallest absolute Gasteiger partial charge is 0.219 e. The van der Waals surface area contributed by atoms with Crippen molar-refractivity contribution in [1.82, 2.24) is 0 Å². The number of ketones is 1. The maximum atomic E-state index is 12.1. The summed E-state index contributed by atoms with van der Waals surface area (Å²) in [4.78, 5) is 12.1. The third kappa shape index (κ3) is 2.59. The summed E-state index contributed by atoms with van der Waals surface area (Å²) in [5.41, 5.74) is 0.529. The minimum absolute atomic E-state index is 0.164.